The van der Waals surface area contributed by atoms with E-state index in [4.69, 9.17) is 9.47 Å². The van der Waals surface area contributed by atoms with E-state index in [1.54, 1.807) is 13.3 Å². The SMILES string of the molecule is COc1ccc(CN2C[C@@H]3COCC[C@]3(CO)C2)cc1Cn1cccn1. The van der Waals surface area contributed by atoms with Crippen molar-refractivity contribution in [3.63, 3.8) is 0 Å². The van der Waals surface area contributed by atoms with E-state index in [2.05, 4.69) is 22.1 Å². The summed E-state index contributed by atoms with van der Waals surface area (Å²) in [5.41, 5.74) is 2.41. The fraction of sp³-hybridized carbons (Fsp3) is 0.550. The predicted molar refractivity (Wildman–Crippen MR) is 98.0 cm³/mol. The van der Waals surface area contributed by atoms with Crippen LogP contribution >= 0.6 is 0 Å². The van der Waals surface area contributed by atoms with Crippen molar-refractivity contribution in [1.82, 2.24) is 14.7 Å². The molecule has 4 rings (SSSR count). The van der Waals surface area contributed by atoms with E-state index in [1.807, 2.05) is 23.0 Å². The van der Waals surface area contributed by atoms with Crippen LogP contribution in [-0.2, 0) is 17.8 Å². The van der Waals surface area contributed by atoms with E-state index in [0.29, 0.717) is 12.5 Å². The number of rotatable bonds is 6. The highest BCUT2D eigenvalue weighted by molar-refractivity contribution is 5.37. The van der Waals surface area contributed by atoms with E-state index >= 15 is 0 Å². The second-order valence-electron chi connectivity index (χ2n) is 7.56. The van der Waals surface area contributed by atoms with E-state index in [-0.39, 0.29) is 12.0 Å². The Kier molecular flexibility index (Phi) is 4.98. The number of aliphatic hydroxyl groups excluding tert-OH is 1. The average molecular weight is 357 g/mol. The lowest BCUT2D eigenvalue weighted by Gasteiger charge is -2.36. The third-order valence-electron chi connectivity index (χ3n) is 5.90. The monoisotopic (exact) mass is 357 g/mol. The molecule has 0 aliphatic carbocycles. The number of hydrogen-bond acceptors (Lipinski definition) is 5. The van der Waals surface area contributed by atoms with Crippen molar-refractivity contribution in [3.05, 3.63) is 47.8 Å². The molecule has 0 radical (unpaired) electrons. The minimum absolute atomic E-state index is 0.0165. The van der Waals surface area contributed by atoms with Crippen LogP contribution in [0.15, 0.2) is 36.7 Å². The maximum atomic E-state index is 9.98. The van der Waals surface area contributed by atoms with Gasteiger partial charge in [0.05, 0.1) is 26.9 Å². The van der Waals surface area contributed by atoms with Crippen LogP contribution in [0.1, 0.15) is 17.5 Å². The van der Waals surface area contributed by atoms with Gasteiger partial charge in [-0.1, -0.05) is 6.07 Å². The number of fused-ring (bicyclic) bond motifs is 1. The normalized spacial score (nSPS) is 26.0. The van der Waals surface area contributed by atoms with Gasteiger partial charge >= 0.3 is 0 Å². The first-order valence-electron chi connectivity index (χ1n) is 9.26. The molecule has 0 bridgehead atoms. The third kappa shape index (κ3) is 3.37. The zero-order valence-electron chi connectivity index (χ0n) is 15.3. The number of aromatic nitrogens is 2. The summed E-state index contributed by atoms with van der Waals surface area (Å²) in [4.78, 5) is 2.45. The van der Waals surface area contributed by atoms with Crippen molar-refractivity contribution in [2.24, 2.45) is 11.3 Å². The number of hydrogen-bond donors (Lipinski definition) is 1. The fourth-order valence-electron chi connectivity index (χ4n) is 4.42. The Hall–Kier alpha value is -1.89. The van der Waals surface area contributed by atoms with E-state index < -0.39 is 0 Å². The number of benzene rings is 1. The molecule has 2 fully saturated rings. The van der Waals surface area contributed by atoms with Gasteiger partial charge in [-0.05, 0) is 30.2 Å². The fourth-order valence-corrected chi connectivity index (χ4v) is 4.42. The molecule has 26 heavy (non-hydrogen) atoms. The lowest BCUT2D eigenvalue weighted by molar-refractivity contribution is -0.0417. The predicted octanol–water partition coefficient (Wildman–Crippen LogP) is 1.77. The molecule has 2 aliphatic rings. The summed E-state index contributed by atoms with van der Waals surface area (Å²) in [7, 11) is 1.71. The molecule has 6 heteroatoms. The van der Waals surface area contributed by atoms with Gasteiger partial charge in [-0.3, -0.25) is 9.58 Å². The van der Waals surface area contributed by atoms with Gasteiger partial charge in [-0.15, -0.1) is 0 Å². The van der Waals surface area contributed by atoms with Gasteiger partial charge in [-0.25, -0.2) is 0 Å². The quantitative estimate of drug-likeness (QED) is 0.854. The van der Waals surface area contributed by atoms with Crippen LogP contribution in [0.3, 0.4) is 0 Å². The van der Waals surface area contributed by atoms with Gasteiger partial charge < -0.3 is 14.6 Å². The standard InChI is InChI=1S/C20H27N3O3/c1-25-19-4-3-16(9-17(19)11-23-7-2-6-21-23)10-22-12-18-13-26-8-5-20(18,14-22)15-24/h2-4,6-7,9,18,24H,5,8,10-15H2,1H3/t18-,20-/m1/s1. The van der Waals surface area contributed by atoms with Crippen LogP contribution in [0.4, 0.5) is 0 Å². The lowest BCUT2D eigenvalue weighted by Crippen LogP contribution is -2.41. The Morgan fingerprint density at radius 2 is 2.31 bits per heavy atom. The molecular formula is C20H27N3O3. The number of ether oxygens (including phenoxy) is 2. The summed E-state index contributed by atoms with van der Waals surface area (Å²) in [5, 5.41) is 14.3. The van der Waals surface area contributed by atoms with Crippen LogP contribution in [0.25, 0.3) is 0 Å². The van der Waals surface area contributed by atoms with E-state index in [1.165, 1.54) is 5.56 Å². The van der Waals surface area contributed by atoms with Gasteiger partial charge in [0.1, 0.15) is 5.75 Å². The molecule has 3 heterocycles. The molecule has 0 spiro atoms. The Morgan fingerprint density at radius 1 is 1.38 bits per heavy atom. The number of methoxy groups -OCH3 is 1. The highest BCUT2D eigenvalue weighted by atomic mass is 16.5. The van der Waals surface area contributed by atoms with Crippen molar-refractivity contribution >= 4 is 0 Å². The molecule has 2 atom stereocenters. The van der Waals surface area contributed by atoms with Gasteiger partial charge in [0.15, 0.2) is 0 Å². The Balaban J connectivity index is 1.50. The molecule has 2 aliphatic heterocycles. The average Bonchev–Trinajstić information content (AvgIpc) is 3.29. The van der Waals surface area contributed by atoms with Crippen LogP contribution in [0.2, 0.25) is 0 Å². The zero-order valence-corrected chi connectivity index (χ0v) is 15.3. The molecule has 2 aromatic rings. The van der Waals surface area contributed by atoms with E-state index in [0.717, 1.165) is 50.6 Å². The van der Waals surface area contributed by atoms with Gasteiger partial charge in [0.25, 0.3) is 0 Å². The van der Waals surface area contributed by atoms with Crippen LogP contribution in [-0.4, -0.2) is 59.8 Å². The summed E-state index contributed by atoms with van der Waals surface area (Å²) in [6.45, 7) is 5.30. The molecular weight excluding hydrogens is 330 g/mol. The second-order valence-corrected chi connectivity index (χ2v) is 7.56. The molecule has 0 amide bonds. The first-order chi connectivity index (χ1) is 12.7. The molecule has 6 nitrogen and oxygen atoms in total. The third-order valence-corrected chi connectivity index (χ3v) is 5.90. The second kappa shape index (κ2) is 7.39. The maximum Gasteiger partial charge on any atom is 0.123 e. The molecule has 140 valence electrons. The van der Waals surface area contributed by atoms with Crippen LogP contribution in [0.5, 0.6) is 5.75 Å². The summed E-state index contributed by atoms with van der Waals surface area (Å²) in [5.74, 6) is 1.32. The first-order valence-corrected chi connectivity index (χ1v) is 9.26. The Bertz CT molecular complexity index is 734. The summed E-state index contributed by atoms with van der Waals surface area (Å²) in [6, 6.07) is 8.32. The van der Waals surface area contributed by atoms with Gasteiger partial charge in [-0.2, -0.15) is 5.10 Å². The maximum absolute atomic E-state index is 9.98. The van der Waals surface area contributed by atoms with Crippen molar-refractivity contribution in [2.75, 3.05) is 40.0 Å². The highest BCUT2D eigenvalue weighted by Gasteiger charge is 2.47. The molecule has 0 saturated carbocycles. The zero-order chi connectivity index (χ0) is 18.0. The molecule has 2 saturated heterocycles. The Morgan fingerprint density at radius 3 is 3.04 bits per heavy atom. The number of likely N-dealkylation sites (tertiary alicyclic amines) is 1. The highest BCUT2D eigenvalue weighted by Crippen LogP contribution is 2.42. The smallest absolute Gasteiger partial charge is 0.123 e. The Labute approximate surface area is 154 Å². The van der Waals surface area contributed by atoms with Crippen molar-refractivity contribution in [1.29, 1.82) is 0 Å². The van der Waals surface area contributed by atoms with Crippen LogP contribution in [0, 0.1) is 11.3 Å². The van der Waals surface area contributed by atoms with Crippen molar-refractivity contribution in [2.45, 2.75) is 19.5 Å². The molecule has 0 unspecified atom stereocenters. The first kappa shape index (κ1) is 17.5. The molecule has 1 aromatic heterocycles. The van der Waals surface area contributed by atoms with Gasteiger partial charge in [0, 0.05) is 55.5 Å². The summed E-state index contributed by atoms with van der Waals surface area (Å²) >= 11 is 0. The minimum Gasteiger partial charge on any atom is -0.496 e. The number of aliphatic hydroxyl groups is 1. The van der Waals surface area contributed by atoms with E-state index in [9.17, 15) is 5.11 Å². The largest absolute Gasteiger partial charge is 0.496 e. The molecule has 1 N–H and O–H groups in total. The molecule has 1 aromatic carbocycles. The lowest BCUT2D eigenvalue weighted by atomic mass is 9.75. The topological polar surface area (TPSA) is 59.8 Å². The van der Waals surface area contributed by atoms with Crippen molar-refractivity contribution in [3.8, 4) is 5.75 Å². The van der Waals surface area contributed by atoms with Crippen molar-refractivity contribution < 1.29 is 14.6 Å². The summed E-state index contributed by atoms with van der Waals surface area (Å²) < 4.78 is 13.1. The minimum atomic E-state index is 0.0165. The van der Waals surface area contributed by atoms with Crippen LogP contribution < -0.4 is 4.74 Å². The number of nitrogens with zero attached hydrogens (tertiary/aromatic N) is 3. The van der Waals surface area contributed by atoms with Gasteiger partial charge in [0.2, 0.25) is 0 Å². The summed E-state index contributed by atoms with van der Waals surface area (Å²) in [6.07, 6.45) is 4.71.